The van der Waals surface area contributed by atoms with E-state index < -0.39 is 12.1 Å². The number of carboxylic acid groups (broad SMARTS) is 1. The molecular weight excluding hydrogens is 316 g/mol. The number of aliphatic hydroxyl groups excluding tert-OH is 1. The molecule has 4 nitrogen and oxygen atoms in total. The zero-order valence-corrected chi connectivity index (χ0v) is 15.3. The first kappa shape index (κ1) is 21.4. The van der Waals surface area contributed by atoms with Crippen molar-refractivity contribution in [1.82, 2.24) is 0 Å². The molecule has 1 rings (SSSR count). The van der Waals surface area contributed by atoms with Gasteiger partial charge in [-0.05, 0) is 44.1 Å². The van der Waals surface area contributed by atoms with Crippen LogP contribution in [0.3, 0.4) is 0 Å². The van der Waals surface area contributed by atoms with Gasteiger partial charge in [0, 0.05) is 18.8 Å². The first-order valence-electron chi connectivity index (χ1n) is 9.39. The highest BCUT2D eigenvalue weighted by atomic mass is 16.4. The molecule has 0 aromatic rings. The van der Waals surface area contributed by atoms with Gasteiger partial charge < -0.3 is 10.2 Å². The fourth-order valence-corrected chi connectivity index (χ4v) is 3.27. The van der Waals surface area contributed by atoms with Gasteiger partial charge in [-0.25, -0.2) is 0 Å². The topological polar surface area (TPSA) is 74.6 Å². The highest BCUT2D eigenvalue weighted by molar-refractivity contribution is 5.89. The van der Waals surface area contributed by atoms with Gasteiger partial charge >= 0.3 is 5.97 Å². The highest BCUT2D eigenvalue weighted by Crippen LogP contribution is 2.39. The predicted molar refractivity (Wildman–Crippen MR) is 100 cm³/mol. The average molecular weight is 348 g/mol. The summed E-state index contributed by atoms with van der Waals surface area (Å²) in [4.78, 5) is 22.4. The lowest BCUT2D eigenvalue weighted by Gasteiger charge is -2.18. The van der Waals surface area contributed by atoms with Crippen LogP contribution in [0, 0.1) is 11.8 Å². The fraction of sp³-hybridized carbons (Fsp3) is 0.619. The van der Waals surface area contributed by atoms with Crippen molar-refractivity contribution in [1.29, 1.82) is 0 Å². The second-order valence-electron chi connectivity index (χ2n) is 6.89. The van der Waals surface area contributed by atoms with Crippen LogP contribution in [0.15, 0.2) is 36.5 Å². The first-order valence-corrected chi connectivity index (χ1v) is 9.39. The van der Waals surface area contributed by atoms with E-state index in [4.69, 9.17) is 5.11 Å². The molecule has 4 heteroatoms. The number of carbonyl (C=O) groups is 2. The molecule has 0 bridgehead atoms. The predicted octanol–water partition coefficient (Wildman–Crippen LogP) is 4.45. The van der Waals surface area contributed by atoms with Crippen LogP contribution in [0.4, 0.5) is 0 Å². The summed E-state index contributed by atoms with van der Waals surface area (Å²) in [7, 11) is 0. The Labute approximate surface area is 151 Å². The van der Waals surface area contributed by atoms with E-state index in [1.807, 2.05) is 18.2 Å². The van der Waals surface area contributed by atoms with E-state index in [0.29, 0.717) is 25.7 Å². The third kappa shape index (κ3) is 8.30. The average Bonchev–Trinajstić information content (AvgIpc) is 2.82. The van der Waals surface area contributed by atoms with E-state index in [-0.39, 0.29) is 24.0 Å². The Morgan fingerprint density at radius 1 is 1.20 bits per heavy atom. The SMILES string of the molecule is C=C1C[C@H](O)[C@H](CC=CCCCC(=O)O)[C@H]1C=CC(=O)CCCCC. The summed E-state index contributed by atoms with van der Waals surface area (Å²) >= 11 is 0. The van der Waals surface area contributed by atoms with Crippen molar-refractivity contribution in [3.05, 3.63) is 36.5 Å². The Hall–Kier alpha value is -1.68. The monoisotopic (exact) mass is 348 g/mol. The molecule has 2 N–H and O–H groups in total. The Bertz CT molecular complexity index is 504. The molecule has 0 unspecified atom stereocenters. The highest BCUT2D eigenvalue weighted by Gasteiger charge is 2.35. The Kier molecular flexibility index (Phi) is 10.1. The third-order valence-corrected chi connectivity index (χ3v) is 4.75. The minimum Gasteiger partial charge on any atom is -0.481 e. The fourth-order valence-electron chi connectivity index (χ4n) is 3.27. The molecule has 0 amide bonds. The standard InChI is InChI=1S/C21H32O4/c1-3-4-7-10-17(22)13-14-18-16(2)15-20(23)19(18)11-8-5-6-9-12-21(24)25/h5,8,13-14,18-20,23H,2-4,6-7,9-12,15H2,1H3,(H,24,25)/t18-,19+,20-/m0/s1. The minimum absolute atomic E-state index is 0.0359. The molecule has 0 radical (unpaired) electrons. The van der Waals surface area contributed by atoms with Gasteiger partial charge in [-0.15, -0.1) is 0 Å². The second-order valence-corrected chi connectivity index (χ2v) is 6.89. The van der Waals surface area contributed by atoms with Crippen LogP contribution in [-0.2, 0) is 9.59 Å². The van der Waals surface area contributed by atoms with Gasteiger partial charge in [0.05, 0.1) is 6.10 Å². The molecule has 25 heavy (non-hydrogen) atoms. The molecule has 0 aromatic heterocycles. The molecule has 0 saturated heterocycles. The summed E-state index contributed by atoms with van der Waals surface area (Å²) in [6.07, 6.45) is 13.6. The van der Waals surface area contributed by atoms with Gasteiger partial charge in [-0.1, -0.05) is 50.1 Å². The van der Waals surface area contributed by atoms with Crippen LogP contribution in [0.1, 0.15) is 64.7 Å². The summed E-state index contributed by atoms with van der Waals surface area (Å²) in [5, 5.41) is 18.9. The lowest BCUT2D eigenvalue weighted by Crippen LogP contribution is -2.17. The number of unbranched alkanes of at least 4 members (excludes halogenated alkanes) is 3. The van der Waals surface area contributed by atoms with Crippen molar-refractivity contribution in [2.75, 3.05) is 0 Å². The second kappa shape index (κ2) is 11.8. The van der Waals surface area contributed by atoms with Gasteiger partial charge in [0.25, 0.3) is 0 Å². The van der Waals surface area contributed by atoms with E-state index in [1.54, 1.807) is 6.08 Å². The number of hydrogen-bond donors (Lipinski definition) is 2. The van der Waals surface area contributed by atoms with Gasteiger partial charge in [0.2, 0.25) is 0 Å². The maximum atomic E-state index is 11.9. The number of allylic oxidation sites excluding steroid dienone is 4. The Balaban J connectivity index is 2.49. The first-order chi connectivity index (χ1) is 12.0. The number of carboxylic acids is 1. The molecule has 1 saturated carbocycles. The van der Waals surface area contributed by atoms with E-state index in [0.717, 1.165) is 31.3 Å². The number of ketones is 1. The number of aliphatic carboxylic acids is 1. The van der Waals surface area contributed by atoms with Gasteiger partial charge in [0.15, 0.2) is 5.78 Å². The van der Waals surface area contributed by atoms with Crippen molar-refractivity contribution < 1.29 is 19.8 Å². The van der Waals surface area contributed by atoms with E-state index in [2.05, 4.69) is 13.5 Å². The van der Waals surface area contributed by atoms with Crippen molar-refractivity contribution in [2.45, 2.75) is 70.8 Å². The summed E-state index contributed by atoms with van der Waals surface area (Å²) < 4.78 is 0. The molecule has 1 aliphatic rings. The number of rotatable bonds is 12. The van der Waals surface area contributed by atoms with Crippen molar-refractivity contribution >= 4 is 11.8 Å². The van der Waals surface area contributed by atoms with Gasteiger partial charge in [-0.2, -0.15) is 0 Å². The number of aliphatic hydroxyl groups is 1. The smallest absolute Gasteiger partial charge is 0.303 e. The summed E-state index contributed by atoms with van der Waals surface area (Å²) in [5.74, 6) is -0.549. The molecule has 1 fully saturated rings. The molecule has 1 aliphatic carbocycles. The zero-order valence-electron chi connectivity index (χ0n) is 15.3. The maximum Gasteiger partial charge on any atom is 0.303 e. The van der Waals surface area contributed by atoms with Crippen LogP contribution >= 0.6 is 0 Å². The minimum atomic E-state index is -0.773. The summed E-state index contributed by atoms with van der Waals surface area (Å²) in [6.45, 7) is 6.17. The molecule has 140 valence electrons. The van der Waals surface area contributed by atoms with Gasteiger partial charge in [0.1, 0.15) is 0 Å². The molecule has 3 atom stereocenters. The summed E-state index contributed by atoms with van der Waals surface area (Å²) in [6, 6.07) is 0. The zero-order chi connectivity index (χ0) is 18.7. The number of hydrogen-bond acceptors (Lipinski definition) is 3. The lowest BCUT2D eigenvalue weighted by molar-refractivity contribution is -0.137. The maximum absolute atomic E-state index is 11.9. The normalized spacial score (nSPS) is 23.8. The molecule has 0 aliphatic heterocycles. The Morgan fingerprint density at radius 2 is 1.96 bits per heavy atom. The molecule has 0 aromatic carbocycles. The van der Waals surface area contributed by atoms with Crippen LogP contribution in [0.2, 0.25) is 0 Å². The molecular formula is C21H32O4. The molecule has 0 spiro atoms. The van der Waals surface area contributed by atoms with Crippen LogP contribution in [0.25, 0.3) is 0 Å². The Morgan fingerprint density at radius 3 is 2.64 bits per heavy atom. The van der Waals surface area contributed by atoms with E-state index >= 15 is 0 Å². The molecule has 0 heterocycles. The third-order valence-electron chi connectivity index (χ3n) is 4.75. The number of carbonyl (C=O) groups excluding carboxylic acids is 1. The van der Waals surface area contributed by atoms with Crippen molar-refractivity contribution in [3.8, 4) is 0 Å². The van der Waals surface area contributed by atoms with Crippen molar-refractivity contribution in [3.63, 3.8) is 0 Å². The van der Waals surface area contributed by atoms with Crippen LogP contribution < -0.4 is 0 Å². The largest absolute Gasteiger partial charge is 0.481 e. The van der Waals surface area contributed by atoms with Gasteiger partial charge in [-0.3, -0.25) is 9.59 Å². The van der Waals surface area contributed by atoms with E-state index in [9.17, 15) is 14.7 Å². The summed E-state index contributed by atoms with van der Waals surface area (Å²) in [5.41, 5.74) is 0.981. The quantitative estimate of drug-likeness (QED) is 0.310. The van der Waals surface area contributed by atoms with E-state index in [1.165, 1.54) is 0 Å². The lowest BCUT2D eigenvalue weighted by atomic mass is 9.89. The van der Waals surface area contributed by atoms with Crippen molar-refractivity contribution in [2.24, 2.45) is 11.8 Å². The van der Waals surface area contributed by atoms with Crippen LogP contribution in [-0.4, -0.2) is 28.1 Å². The van der Waals surface area contributed by atoms with Crippen LogP contribution in [0.5, 0.6) is 0 Å².